The van der Waals surface area contributed by atoms with Gasteiger partial charge in [-0.1, -0.05) is 51.1 Å². The van der Waals surface area contributed by atoms with Crippen molar-refractivity contribution in [3.63, 3.8) is 0 Å². The second kappa shape index (κ2) is 7.28. The van der Waals surface area contributed by atoms with Gasteiger partial charge in [0.15, 0.2) is 8.32 Å². The summed E-state index contributed by atoms with van der Waals surface area (Å²) in [7, 11) is -1.79. The summed E-state index contributed by atoms with van der Waals surface area (Å²) in [6.45, 7) is 14.4. The third-order valence-electron chi connectivity index (χ3n) is 5.31. The highest BCUT2D eigenvalue weighted by molar-refractivity contribution is 6.74. The summed E-state index contributed by atoms with van der Waals surface area (Å²) in [6.07, 6.45) is 0.651. The molecule has 3 nitrogen and oxygen atoms in total. The van der Waals surface area contributed by atoms with Crippen LogP contribution in [0.1, 0.15) is 32.8 Å². The molecule has 0 amide bonds. The molecule has 0 aromatic heterocycles. The van der Waals surface area contributed by atoms with Crippen LogP contribution in [0, 0.1) is 5.92 Å². The van der Waals surface area contributed by atoms with E-state index in [1.807, 2.05) is 6.07 Å². The second-order valence-corrected chi connectivity index (χ2v) is 13.0. The summed E-state index contributed by atoms with van der Waals surface area (Å²) < 4.78 is 6.29. The maximum atomic E-state index is 12.3. The molecule has 0 spiro atoms. The van der Waals surface area contributed by atoms with E-state index in [1.54, 1.807) is 0 Å². The molecule has 1 aromatic rings. The molecule has 0 aliphatic carbocycles. The van der Waals surface area contributed by atoms with Crippen LogP contribution in [0.3, 0.4) is 0 Å². The molecule has 0 unspecified atom stereocenters. The molecule has 2 rings (SSSR count). The van der Waals surface area contributed by atoms with E-state index in [1.165, 1.54) is 5.56 Å². The minimum absolute atomic E-state index is 0.0292. The predicted octanol–water partition coefficient (Wildman–Crippen LogP) is 4.10. The number of hydrogen-bond donors (Lipinski definition) is 0. The average Bonchev–Trinajstić information content (AvgIpc) is 2.48. The summed E-state index contributed by atoms with van der Waals surface area (Å²) in [4.78, 5) is 14.7. The quantitative estimate of drug-likeness (QED) is 0.760. The largest absolute Gasteiger partial charge is 0.416 e. The maximum absolute atomic E-state index is 12.3. The molecule has 0 saturated carbocycles. The van der Waals surface area contributed by atoms with Crippen molar-refractivity contribution in [1.82, 2.24) is 4.90 Å². The molecule has 0 N–H and O–H groups in total. The number of hydrogen-bond acceptors (Lipinski definition) is 3. The molecule has 4 heteroatoms. The minimum Gasteiger partial charge on any atom is -0.416 e. The first-order valence-electron chi connectivity index (χ1n) is 8.62. The zero-order valence-corrected chi connectivity index (χ0v) is 16.3. The van der Waals surface area contributed by atoms with E-state index in [2.05, 4.69) is 63.0 Å². The molecule has 23 heavy (non-hydrogen) atoms. The molecule has 1 heterocycles. The number of Topliss-reactive ketones (excluding diaryl/α,β-unsaturated/α-hetero) is 1. The van der Waals surface area contributed by atoms with Gasteiger partial charge in [-0.2, -0.15) is 0 Å². The van der Waals surface area contributed by atoms with Crippen LogP contribution in [0.2, 0.25) is 18.1 Å². The highest BCUT2D eigenvalue weighted by atomic mass is 28.4. The van der Waals surface area contributed by atoms with E-state index in [-0.39, 0.29) is 11.0 Å². The molecular formula is C19H31NO2Si. The zero-order chi connectivity index (χ0) is 17.1. The Morgan fingerprint density at radius 3 is 2.48 bits per heavy atom. The summed E-state index contributed by atoms with van der Waals surface area (Å²) in [6, 6.07) is 10.5. The number of carbonyl (C=O) groups is 1. The van der Waals surface area contributed by atoms with Gasteiger partial charge in [-0.25, -0.2) is 0 Å². The van der Waals surface area contributed by atoms with Gasteiger partial charge < -0.3 is 4.43 Å². The molecular weight excluding hydrogens is 302 g/mol. The van der Waals surface area contributed by atoms with Crippen molar-refractivity contribution in [2.24, 2.45) is 5.92 Å². The second-order valence-electron chi connectivity index (χ2n) is 8.21. The summed E-state index contributed by atoms with van der Waals surface area (Å²) in [5, 5.41) is 0.189. The van der Waals surface area contributed by atoms with Gasteiger partial charge in [0.1, 0.15) is 5.78 Å². The third kappa shape index (κ3) is 5.00. The maximum Gasteiger partial charge on any atom is 0.192 e. The van der Waals surface area contributed by atoms with Gasteiger partial charge in [0.25, 0.3) is 0 Å². The zero-order valence-electron chi connectivity index (χ0n) is 15.3. The van der Waals surface area contributed by atoms with Gasteiger partial charge in [-0.15, -0.1) is 0 Å². The van der Waals surface area contributed by atoms with Crippen LogP contribution >= 0.6 is 0 Å². The molecule has 0 radical (unpaired) electrons. The molecule has 1 aromatic carbocycles. The molecule has 1 fully saturated rings. The van der Waals surface area contributed by atoms with E-state index in [9.17, 15) is 4.79 Å². The molecule has 128 valence electrons. The highest BCUT2D eigenvalue weighted by Gasteiger charge is 2.38. The first-order valence-corrected chi connectivity index (χ1v) is 11.5. The Morgan fingerprint density at radius 1 is 1.22 bits per heavy atom. The minimum atomic E-state index is -1.79. The van der Waals surface area contributed by atoms with E-state index in [0.29, 0.717) is 18.8 Å². The normalized spacial score (nSPS) is 20.7. The van der Waals surface area contributed by atoms with Crippen molar-refractivity contribution in [3.05, 3.63) is 35.9 Å². The standard InChI is InChI=1S/C19H31NO2Si/c1-19(2,3)23(4,5)22-15-17-14-20(12-11-18(17)21)13-16-9-7-6-8-10-16/h6-10,17H,11-15H2,1-5H3/t17-/m0/s1. The van der Waals surface area contributed by atoms with Crippen LogP contribution in [0.4, 0.5) is 0 Å². The van der Waals surface area contributed by atoms with Gasteiger partial charge in [-0.05, 0) is 23.7 Å². The fraction of sp³-hybridized carbons (Fsp3) is 0.632. The molecule has 1 saturated heterocycles. The van der Waals surface area contributed by atoms with Gasteiger partial charge in [0.2, 0.25) is 0 Å². The lowest BCUT2D eigenvalue weighted by Crippen LogP contribution is -2.47. The first-order chi connectivity index (χ1) is 10.7. The monoisotopic (exact) mass is 333 g/mol. The first kappa shape index (κ1) is 18.4. The van der Waals surface area contributed by atoms with E-state index >= 15 is 0 Å². The number of likely N-dealkylation sites (tertiary alicyclic amines) is 1. The Bertz CT molecular complexity index is 522. The predicted molar refractivity (Wildman–Crippen MR) is 98.0 cm³/mol. The van der Waals surface area contributed by atoms with Gasteiger partial charge in [0, 0.05) is 32.7 Å². The Morgan fingerprint density at radius 2 is 1.87 bits per heavy atom. The fourth-order valence-electron chi connectivity index (χ4n) is 2.63. The van der Waals surface area contributed by atoms with Crippen LogP contribution in [-0.2, 0) is 15.8 Å². The van der Waals surface area contributed by atoms with Crippen LogP contribution in [0.5, 0.6) is 0 Å². The van der Waals surface area contributed by atoms with E-state index in [0.717, 1.165) is 19.6 Å². The summed E-state index contributed by atoms with van der Waals surface area (Å²) >= 11 is 0. The van der Waals surface area contributed by atoms with Crippen molar-refractivity contribution in [3.8, 4) is 0 Å². The Labute approximate surface area is 142 Å². The smallest absolute Gasteiger partial charge is 0.192 e. The Kier molecular flexibility index (Phi) is 5.82. The summed E-state index contributed by atoms with van der Waals surface area (Å²) in [5.74, 6) is 0.398. The SMILES string of the molecule is CC(C)(C)[Si](C)(C)OC[C@@H]1CN(Cc2ccccc2)CCC1=O. The molecule has 1 aliphatic heterocycles. The van der Waals surface area contributed by atoms with E-state index in [4.69, 9.17) is 4.43 Å². The van der Waals surface area contributed by atoms with Crippen LogP contribution in [-0.4, -0.2) is 38.7 Å². The number of ketones is 1. The third-order valence-corrected chi connectivity index (χ3v) is 9.81. The lowest BCUT2D eigenvalue weighted by atomic mass is 9.97. The number of rotatable bonds is 5. The number of benzene rings is 1. The van der Waals surface area contributed by atoms with E-state index < -0.39 is 8.32 Å². The average molecular weight is 334 g/mol. The number of piperidine rings is 1. The fourth-order valence-corrected chi connectivity index (χ4v) is 3.68. The van der Waals surface area contributed by atoms with Crippen LogP contribution in [0.25, 0.3) is 0 Å². The molecule has 1 aliphatic rings. The van der Waals surface area contributed by atoms with Gasteiger partial charge in [0.05, 0.1) is 5.92 Å². The van der Waals surface area contributed by atoms with Crippen LogP contribution in [0.15, 0.2) is 30.3 Å². The molecule has 0 bridgehead atoms. The van der Waals surface area contributed by atoms with Gasteiger partial charge in [-0.3, -0.25) is 9.69 Å². The van der Waals surface area contributed by atoms with Crippen LogP contribution < -0.4 is 0 Å². The van der Waals surface area contributed by atoms with Crippen molar-refractivity contribution in [2.45, 2.75) is 51.9 Å². The van der Waals surface area contributed by atoms with Crippen molar-refractivity contribution >= 4 is 14.1 Å². The Balaban J connectivity index is 1.92. The molecule has 1 atom stereocenters. The highest BCUT2D eigenvalue weighted by Crippen LogP contribution is 2.37. The number of nitrogens with zero attached hydrogens (tertiary/aromatic N) is 1. The lowest BCUT2D eigenvalue weighted by molar-refractivity contribution is -0.127. The summed E-state index contributed by atoms with van der Waals surface area (Å²) in [5.41, 5.74) is 1.31. The number of carbonyl (C=O) groups excluding carboxylic acids is 1. The van der Waals surface area contributed by atoms with Crippen molar-refractivity contribution in [2.75, 3.05) is 19.7 Å². The van der Waals surface area contributed by atoms with Crippen molar-refractivity contribution in [1.29, 1.82) is 0 Å². The topological polar surface area (TPSA) is 29.5 Å². The lowest BCUT2D eigenvalue weighted by Gasteiger charge is -2.38. The van der Waals surface area contributed by atoms with Crippen molar-refractivity contribution < 1.29 is 9.22 Å². The Hall–Kier alpha value is -0.973. The van der Waals surface area contributed by atoms with Gasteiger partial charge >= 0.3 is 0 Å².